The third kappa shape index (κ3) is 4.23. The van der Waals surface area contributed by atoms with Crippen molar-refractivity contribution in [2.45, 2.75) is 6.04 Å². The zero-order valence-corrected chi connectivity index (χ0v) is 14.0. The smallest absolute Gasteiger partial charge is 0.252 e. The second-order valence-electron chi connectivity index (χ2n) is 5.22. The van der Waals surface area contributed by atoms with Crippen LogP contribution in [0.5, 0.6) is 0 Å². The second kappa shape index (κ2) is 7.63. The van der Waals surface area contributed by atoms with E-state index in [-0.39, 0.29) is 11.9 Å². The third-order valence-electron chi connectivity index (χ3n) is 3.44. The molecule has 2 aromatic rings. The minimum absolute atomic E-state index is 0.0862. The molecule has 0 aromatic heterocycles. The van der Waals surface area contributed by atoms with Crippen LogP contribution in [-0.2, 0) is 0 Å². The lowest BCUT2D eigenvalue weighted by Crippen LogP contribution is -2.34. The summed E-state index contributed by atoms with van der Waals surface area (Å²) in [6.45, 7) is 0.485. The lowest BCUT2D eigenvalue weighted by molar-refractivity contribution is 0.0942. The van der Waals surface area contributed by atoms with Crippen LogP contribution < -0.4 is 5.32 Å². The van der Waals surface area contributed by atoms with Crippen LogP contribution >= 0.6 is 23.2 Å². The molecular formula is C17H18Cl2N2O. The Bertz CT molecular complexity index is 644. The third-order valence-corrected chi connectivity index (χ3v) is 4.00. The largest absolute Gasteiger partial charge is 0.350 e. The van der Waals surface area contributed by atoms with Gasteiger partial charge in [0.15, 0.2) is 0 Å². The maximum absolute atomic E-state index is 12.3. The molecule has 0 aliphatic heterocycles. The summed E-state index contributed by atoms with van der Waals surface area (Å²) in [4.78, 5) is 14.4. The van der Waals surface area contributed by atoms with E-state index < -0.39 is 0 Å². The highest BCUT2D eigenvalue weighted by Gasteiger charge is 2.17. The molecule has 5 heteroatoms. The fourth-order valence-corrected chi connectivity index (χ4v) is 2.61. The highest BCUT2D eigenvalue weighted by atomic mass is 35.5. The molecule has 2 rings (SSSR count). The van der Waals surface area contributed by atoms with Gasteiger partial charge in [0.25, 0.3) is 5.91 Å². The van der Waals surface area contributed by atoms with Crippen LogP contribution in [-0.4, -0.2) is 31.4 Å². The van der Waals surface area contributed by atoms with Gasteiger partial charge in [0, 0.05) is 11.6 Å². The van der Waals surface area contributed by atoms with Gasteiger partial charge in [0.2, 0.25) is 0 Å². The summed E-state index contributed by atoms with van der Waals surface area (Å²) in [7, 11) is 3.96. The van der Waals surface area contributed by atoms with E-state index in [1.165, 1.54) is 0 Å². The summed E-state index contributed by atoms with van der Waals surface area (Å²) in [6.07, 6.45) is 0. The van der Waals surface area contributed by atoms with Crippen molar-refractivity contribution in [1.82, 2.24) is 10.2 Å². The van der Waals surface area contributed by atoms with Crippen molar-refractivity contribution in [2.24, 2.45) is 0 Å². The number of rotatable bonds is 5. The van der Waals surface area contributed by atoms with E-state index in [4.69, 9.17) is 23.2 Å². The predicted octanol–water partition coefficient (Wildman–Crippen LogP) is 4.03. The Morgan fingerprint density at radius 2 is 1.82 bits per heavy atom. The van der Waals surface area contributed by atoms with Crippen molar-refractivity contribution in [1.29, 1.82) is 0 Å². The highest BCUT2D eigenvalue weighted by Crippen LogP contribution is 2.21. The molecule has 0 aliphatic carbocycles. The maximum atomic E-state index is 12.3. The molecule has 0 spiro atoms. The van der Waals surface area contributed by atoms with E-state index in [0.717, 1.165) is 5.56 Å². The van der Waals surface area contributed by atoms with Crippen molar-refractivity contribution in [3.63, 3.8) is 0 Å². The SMILES string of the molecule is CN(C)C(CNC(=O)c1cc(Cl)ccc1Cl)c1ccccc1. The molecule has 0 fully saturated rings. The second-order valence-corrected chi connectivity index (χ2v) is 6.07. The number of halogens is 2. The molecule has 0 saturated heterocycles. The van der Waals surface area contributed by atoms with Gasteiger partial charge in [0.1, 0.15) is 0 Å². The van der Waals surface area contributed by atoms with E-state index in [9.17, 15) is 4.79 Å². The first-order valence-corrected chi connectivity index (χ1v) is 7.69. The molecule has 0 saturated carbocycles. The van der Waals surface area contributed by atoms with E-state index in [0.29, 0.717) is 22.2 Å². The van der Waals surface area contributed by atoms with Crippen LogP contribution in [0.15, 0.2) is 48.5 Å². The van der Waals surface area contributed by atoms with Crippen LogP contribution in [0.4, 0.5) is 0 Å². The Morgan fingerprint density at radius 1 is 1.14 bits per heavy atom. The van der Waals surface area contributed by atoms with Crippen LogP contribution in [0.1, 0.15) is 22.0 Å². The van der Waals surface area contributed by atoms with Crippen LogP contribution in [0, 0.1) is 0 Å². The molecule has 0 aliphatic rings. The van der Waals surface area contributed by atoms with Crippen molar-refractivity contribution in [2.75, 3.05) is 20.6 Å². The van der Waals surface area contributed by atoms with Gasteiger partial charge in [-0.25, -0.2) is 0 Å². The van der Waals surface area contributed by atoms with Crippen LogP contribution in [0.2, 0.25) is 10.0 Å². The first-order chi connectivity index (χ1) is 10.5. The number of likely N-dealkylation sites (N-methyl/N-ethyl adjacent to an activating group) is 1. The van der Waals surface area contributed by atoms with Gasteiger partial charge in [-0.1, -0.05) is 53.5 Å². The lowest BCUT2D eigenvalue weighted by Gasteiger charge is -2.25. The molecule has 22 heavy (non-hydrogen) atoms. The fraction of sp³-hybridized carbons (Fsp3) is 0.235. The summed E-state index contributed by atoms with van der Waals surface area (Å²) in [5.41, 5.74) is 1.53. The summed E-state index contributed by atoms with van der Waals surface area (Å²) in [6, 6.07) is 15.0. The Labute approximate surface area is 140 Å². The molecule has 116 valence electrons. The molecule has 0 radical (unpaired) electrons. The number of hydrogen-bond acceptors (Lipinski definition) is 2. The summed E-state index contributed by atoms with van der Waals surface area (Å²) in [5.74, 6) is -0.227. The molecule has 1 N–H and O–H groups in total. The molecule has 1 unspecified atom stereocenters. The van der Waals surface area contributed by atoms with Crippen LogP contribution in [0.25, 0.3) is 0 Å². The van der Waals surface area contributed by atoms with Crippen molar-refractivity contribution < 1.29 is 4.79 Å². The van der Waals surface area contributed by atoms with Gasteiger partial charge in [-0.2, -0.15) is 0 Å². The Morgan fingerprint density at radius 3 is 2.45 bits per heavy atom. The van der Waals surface area contributed by atoms with Gasteiger partial charge >= 0.3 is 0 Å². The Hall–Kier alpha value is -1.55. The number of benzene rings is 2. The normalized spacial score (nSPS) is 12.2. The average molecular weight is 337 g/mol. The van der Waals surface area contributed by atoms with Gasteiger partial charge in [-0.05, 0) is 37.9 Å². The fourth-order valence-electron chi connectivity index (χ4n) is 2.23. The maximum Gasteiger partial charge on any atom is 0.252 e. The molecule has 3 nitrogen and oxygen atoms in total. The van der Waals surface area contributed by atoms with Crippen molar-refractivity contribution in [3.8, 4) is 0 Å². The zero-order chi connectivity index (χ0) is 16.1. The number of carbonyl (C=O) groups is 1. The number of nitrogens with zero attached hydrogens (tertiary/aromatic N) is 1. The first kappa shape index (κ1) is 16.8. The molecule has 1 atom stereocenters. The number of amides is 1. The van der Waals surface area contributed by atoms with E-state index in [1.807, 2.05) is 44.4 Å². The van der Waals surface area contributed by atoms with E-state index in [1.54, 1.807) is 18.2 Å². The van der Waals surface area contributed by atoms with E-state index in [2.05, 4.69) is 10.2 Å². The zero-order valence-electron chi connectivity index (χ0n) is 12.5. The van der Waals surface area contributed by atoms with Gasteiger partial charge < -0.3 is 10.2 Å². The summed E-state index contributed by atoms with van der Waals surface area (Å²) >= 11 is 12.0. The number of nitrogens with one attached hydrogen (secondary N) is 1. The minimum atomic E-state index is -0.227. The monoisotopic (exact) mass is 336 g/mol. The quantitative estimate of drug-likeness (QED) is 0.894. The minimum Gasteiger partial charge on any atom is -0.350 e. The summed E-state index contributed by atoms with van der Waals surface area (Å²) in [5, 5.41) is 3.80. The average Bonchev–Trinajstić information content (AvgIpc) is 2.50. The lowest BCUT2D eigenvalue weighted by atomic mass is 10.1. The first-order valence-electron chi connectivity index (χ1n) is 6.93. The molecule has 0 bridgehead atoms. The van der Waals surface area contributed by atoms with Gasteiger partial charge in [0.05, 0.1) is 16.6 Å². The summed E-state index contributed by atoms with van der Waals surface area (Å²) < 4.78 is 0. The predicted molar refractivity (Wildman–Crippen MR) is 91.7 cm³/mol. The van der Waals surface area contributed by atoms with E-state index >= 15 is 0 Å². The van der Waals surface area contributed by atoms with Crippen molar-refractivity contribution >= 4 is 29.1 Å². The van der Waals surface area contributed by atoms with Gasteiger partial charge in [-0.3, -0.25) is 4.79 Å². The molecule has 1 amide bonds. The highest BCUT2D eigenvalue weighted by molar-refractivity contribution is 6.35. The standard InChI is InChI=1S/C17H18Cl2N2O/c1-21(2)16(12-6-4-3-5-7-12)11-20-17(22)14-10-13(18)8-9-15(14)19/h3-10,16H,11H2,1-2H3,(H,20,22). The molecule has 0 heterocycles. The van der Waals surface area contributed by atoms with Crippen LogP contribution in [0.3, 0.4) is 0 Å². The Balaban J connectivity index is 2.10. The molecule has 2 aromatic carbocycles. The Kier molecular flexibility index (Phi) is 5.83. The topological polar surface area (TPSA) is 32.3 Å². The number of carbonyl (C=O) groups excluding carboxylic acids is 1. The molecular weight excluding hydrogens is 319 g/mol. The van der Waals surface area contributed by atoms with Crippen molar-refractivity contribution in [3.05, 3.63) is 69.7 Å². The van der Waals surface area contributed by atoms with Gasteiger partial charge in [-0.15, -0.1) is 0 Å². The number of hydrogen-bond donors (Lipinski definition) is 1.